The molecule has 2 amide bonds. The first-order valence-electron chi connectivity index (χ1n) is 8.48. The Hall–Kier alpha value is -3.23. The number of piperazine rings is 1. The number of fused-ring (bicyclic) bond motifs is 1. The number of rotatable bonds is 2. The molecule has 0 radical (unpaired) electrons. The highest BCUT2D eigenvalue weighted by atomic mass is 16.2. The van der Waals surface area contributed by atoms with Gasteiger partial charge in [0.05, 0.1) is 23.8 Å². The lowest BCUT2D eigenvalue weighted by Crippen LogP contribution is -2.50. The number of urea groups is 1. The van der Waals surface area contributed by atoms with E-state index in [4.69, 9.17) is 0 Å². The Morgan fingerprint density at radius 2 is 1.92 bits per heavy atom. The van der Waals surface area contributed by atoms with Crippen molar-refractivity contribution in [1.29, 1.82) is 0 Å². The summed E-state index contributed by atoms with van der Waals surface area (Å²) < 4.78 is 1.74. The van der Waals surface area contributed by atoms with Gasteiger partial charge < -0.3 is 15.1 Å². The number of hydrogen-bond acceptors (Lipinski definition) is 6. The molecule has 4 heterocycles. The molecule has 9 nitrogen and oxygen atoms in total. The standard InChI is InChI=1S/C17H20N8O/c1-12-14-9-13(10-20-16(14)23(2)22-12)21-17(26)25-7-5-24(6-8-25)15-11-18-3-4-19-15/h3-4,9-11H,5-8H2,1-2H3,(H,21,26). The molecule has 4 rings (SSSR count). The van der Waals surface area contributed by atoms with Crippen LogP contribution in [-0.2, 0) is 7.05 Å². The quantitative estimate of drug-likeness (QED) is 0.750. The van der Waals surface area contributed by atoms with Gasteiger partial charge in [-0.1, -0.05) is 0 Å². The van der Waals surface area contributed by atoms with Crippen LogP contribution < -0.4 is 10.2 Å². The van der Waals surface area contributed by atoms with Gasteiger partial charge in [0.2, 0.25) is 0 Å². The fourth-order valence-corrected chi connectivity index (χ4v) is 3.17. The molecule has 0 aliphatic carbocycles. The fraction of sp³-hybridized carbons (Fsp3) is 0.353. The third-order valence-corrected chi connectivity index (χ3v) is 4.55. The minimum absolute atomic E-state index is 0.119. The number of amides is 2. The summed E-state index contributed by atoms with van der Waals surface area (Å²) in [5, 5.41) is 8.23. The van der Waals surface area contributed by atoms with Gasteiger partial charge in [0.1, 0.15) is 5.82 Å². The van der Waals surface area contributed by atoms with E-state index in [-0.39, 0.29) is 6.03 Å². The molecule has 1 fully saturated rings. The molecule has 26 heavy (non-hydrogen) atoms. The average Bonchev–Trinajstić information content (AvgIpc) is 2.96. The number of anilines is 2. The van der Waals surface area contributed by atoms with Crippen LogP contribution in [0.25, 0.3) is 11.0 Å². The number of carbonyl (C=O) groups excluding carboxylic acids is 1. The van der Waals surface area contributed by atoms with Crippen LogP contribution in [0.5, 0.6) is 0 Å². The first kappa shape index (κ1) is 16.2. The zero-order valence-electron chi connectivity index (χ0n) is 14.8. The zero-order valence-corrected chi connectivity index (χ0v) is 14.8. The molecule has 1 saturated heterocycles. The van der Waals surface area contributed by atoms with Crippen molar-refractivity contribution >= 4 is 28.6 Å². The molecule has 0 bridgehead atoms. The molecular weight excluding hydrogens is 332 g/mol. The van der Waals surface area contributed by atoms with Crippen molar-refractivity contribution < 1.29 is 4.79 Å². The Morgan fingerprint density at radius 3 is 2.65 bits per heavy atom. The van der Waals surface area contributed by atoms with Crippen LogP contribution in [0, 0.1) is 6.92 Å². The molecule has 3 aromatic heterocycles. The number of nitrogens with zero attached hydrogens (tertiary/aromatic N) is 7. The largest absolute Gasteiger partial charge is 0.352 e. The van der Waals surface area contributed by atoms with E-state index in [9.17, 15) is 4.79 Å². The third kappa shape index (κ3) is 3.03. The average molecular weight is 352 g/mol. The van der Waals surface area contributed by atoms with Crippen molar-refractivity contribution in [1.82, 2.24) is 29.6 Å². The van der Waals surface area contributed by atoms with Gasteiger partial charge in [-0.2, -0.15) is 5.10 Å². The second-order valence-corrected chi connectivity index (χ2v) is 6.27. The Morgan fingerprint density at radius 1 is 1.12 bits per heavy atom. The molecule has 0 unspecified atom stereocenters. The Labute approximate surface area is 150 Å². The summed E-state index contributed by atoms with van der Waals surface area (Å²) in [5.41, 5.74) is 2.37. The van der Waals surface area contributed by atoms with Crippen LogP contribution in [0.2, 0.25) is 0 Å². The summed E-state index contributed by atoms with van der Waals surface area (Å²) in [7, 11) is 1.86. The molecule has 0 atom stereocenters. The van der Waals surface area contributed by atoms with Gasteiger partial charge in [-0.15, -0.1) is 0 Å². The monoisotopic (exact) mass is 352 g/mol. The number of carbonyl (C=O) groups is 1. The molecule has 0 spiro atoms. The summed E-state index contributed by atoms with van der Waals surface area (Å²) in [4.78, 5) is 29.3. The van der Waals surface area contributed by atoms with Crippen molar-refractivity contribution in [3.05, 3.63) is 36.5 Å². The van der Waals surface area contributed by atoms with E-state index < -0.39 is 0 Å². The third-order valence-electron chi connectivity index (χ3n) is 4.55. The second kappa shape index (κ2) is 6.58. The lowest BCUT2D eigenvalue weighted by Gasteiger charge is -2.35. The van der Waals surface area contributed by atoms with E-state index in [1.807, 2.05) is 20.0 Å². The lowest BCUT2D eigenvalue weighted by molar-refractivity contribution is 0.208. The van der Waals surface area contributed by atoms with Crippen molar-refractivity contribution in [2.45, 2.75) is 6.92 Å². The predicted molar refractivity (Wildman–Crippen MR) is 98.1 cm³/mol. The maximum absolute atomic E-state index is 12.6. The zero-order chi connectivity index (χ0) is 18.1. The van der Waals surface area contributed by atoms with Gasteiger partial charge in [0.25, 0.3) is 0 Å². The van der Waals surface area contributed by atoms with E-state index in [0.717, 1.165) is 35.6 Å². The summed E-state index contributed by atoms with van der Waals surface area (Å²) in [5.74, 6) is 0.842. The van der Waals surface area contributed by atoms with Crippen LogP contribution in [0.4, 0.5) is 16.3 Å². The Bertz CT molecular complexity index is 931. The highest BCUT2D eigenvalue weighted by molar-refractivity contribution is 5.92. The van der Waals surface area contributed by atoms with E-state index in [2.05, 4.69) is 30.3 Å². The molecule has 9 heteroatoms. The van der Waals surface area contributed by atoms with E-state index >= 15 is 0 Å². The highest BCUT2D eigenvalue weighted by Crippen LogP contribution is 2.20. The number of aryl methyl sites for hydroxylation is 2. The van der Waals surface area contributed by atoms with Crippen LogP contribution in [-0.4, -0.2) is 61.8 Å². The van der Waals surface area contributed by atoms with Crippen molar-refractivity contribution in [3.8, 4) is 0 Å². The van der Waals surface area contributed by atoms with Gasteiger partial charge in [0.15, 0.2) is 5.65 Å². The second-order valence-electron chi connectivity index (χ2n) is 6.27. The van der Waals surface area contributed by atoms with E-state index in [1.54, 1.807) is 34.4 Å². The molecule has 134 valence electrons. The van der Waals surface area contributed by atoms with Crippen molar-refractivity contribution in [3.63, 3.8) is 0 Å². The first-order valence-corrected chi connectivity index (χ1v) is 8.48. The smallest absolute Gasteiger partial charge is 0.322 e. The molecule has 1 aliphatic rings. The van der Waals surface area contributed by atoms with Gasteiger partial charge in [-0.3, -0.25) is 9.67 Å². The minimum Gasteiger partial charge on any atom is -0.352 e. The molecule has 1 aliphatic heterocycles. The van der Waals surface area contributed by atoms with Gasteiger partial charge in [0, 0.05) is 51.0 Å². The van der Waals surface area contributed by atoms with Gasteiger partial charge in [-0.05, 0) is 13.0 Å². The fourth-order valence-electron chi connectivity index (χ4n) is 3.17. The number of hydrogen-bond donors (Lipinski definition) is 1. The predicted octanol–water partition coefficient (Wildman–Crippen LogP) is 1.42. The summed E-state index contributed by atoms with van der Waals surface area (Å²) in [6, 6.07) is 1.80. The SMILES string of the molecule is Cc1nn(C)c2ncc(NC(=O)N3CCN(c4cnccn4)CC3)cc12. The van der Waals surface area contributed by atoms with Crippen LogP contribution >= 0.6 is 0 Å². The maximum atomic E-state index is 12.6. The number of aromatic nitrogens is 5. The topological polar surface area (TPSA) is 92.1 Å². The highest BCUT2D eigenvalue weighted by Gasteiger charge is 2.22. The maximum Gasteiger partial charge on any atom is 0.322 e. The molecule has 0 saturated carbocycles. The molecule has 3 aromatic rings. The summed E-state index contributed by atoms with van der Waals surface area (Å²) in [6.07, 6.45) is 6.74. The lowest BCUT2D eigenvalue weighted by atomic mass is 10.2. The Kier molecular flexibility index (Phi) is 4.11. The summed E-state index contributed by atoms with van der Waals surface area (Å²) >= 11 is 0. The van der Waals surface area contributed by atoms with Crippen LogP contribution in [0.3, 0.4) is 0 Å². The summed E-state index contributed by atoms with van der Waals surface area (Å²) in [6.45, 7) is 4.64. The van der Waals surface area contributed by atoms with Gasteiger partial charge >= 0.3 is 6.03 Å². The number of nitrogens with one attached hydrogen (secondary N) is 1. The van der Waals surface area contributed by atoms with Crippen LogP contribution in [0.15, 0.2) is 30.9 Å². The molecule has 1 N–H and O–H groups in total. The minimum atomic E-state index is -0.119. The first-order chi connectivity index (χ1) is 12.6. The van der Waals surface area contributed by atoms with Crippen molar-refractivity contribution in [2.75, 3.05) is 36.4 Å². The normalized spacial score (nSPS) is 14.7. The van der Waals surface area contributed by atoms with E-state index in [0.29, 0.717) is 18.8 Å². The molecule has 0 aromatic carbocycles. The van der Waals surface area contributed by atoms with Crippen LogP contribution in [0.1, 0.15) is 5.69 Å². The Balaban J connectivity index is 1.41. The number of pyridine rings is 1. The van der Waals surface area contributed by atoms with E-state index in [1.165, 1.54) is 0 Å². The molecular formula is C17H20N8O. The van der Waals surface area contributed by atoms with Crippen molar-refractivity contribution in [2.24, 2.45) is 7.05 Å². The van der Waals surface area contributed by atoms with Gasteiger partial charge in [-0.25, -0.2) is 14.8 Å².